The van der Waals surface area contributed by atoms with Crippen molar-refractivity contribution in [1.29, 1.82) is 0 Å². The van der Waals surface area contributed by atoms with E-state index >= 15 is 0 Å². The molecule has 0 spiro atoms. The first-order valence-electron chi connectivity index (χ1n) is 0. The number of rotatable bonds is 0. The van der Waals surface area contributed by atoms with Gasteiger partial charge in [-0.25, -0.2) is 0 Å². The van der Waals surface area contributed by atoms with Crippen molar-refractivity contribution in [2.24, 2.45) is 0 Å². The topological polar surface area (TPSA) is 0 Å². The van der Waals surface area contributed by atoms with Gasteiger partial charge in [-0.2, -0.15) is 0 Å². The van der Waals surface area contributed by atoms with E-state index in [2.05, 4.69) is 0 Å². The van der Waals surface area contributed by atoms with Crippen LogP contribution in [-0.2, 0) is 87.2 Å². The minimum absolute atomic E-state index is 0. The summed E-state index contributed by atoms with van der Waals surface area (Å²) in [5.74, 6) is 0. The summed E-state index contributed by atoms with van der Waals surface area (Å²) in [6.45, 7) is 0. The Hall–Kier alpha value is 3.21. The number of hydrogen-bond acceptors (Lipinski definition) is 0. The van der Waals surface area contributed by atoms with E-state index < -0.39 is 0 Å². The maximum absolute atomic E-state index is 0. The van der Waals surface area contributed by atoms with Crippen LogP contribution in [0.3, 0.4) is 0 Å². The standard InChI is InChI=1S/Al.2Cu.Mn.Ni.Zn. The third kappa shape index (κ3) is 27.0. The Morgan fingerprint density at radius 1 is 0.833 bits per heavy atom. The monoisotopic (exact) mass is 330 g/mol. The normalized spacial score (nSPS) is 0. The van der Waals surface area contributed by atoms with Crippen LogP contribution in [0, 0.1) is 0 Å². The first-order valence-corrected chi connectivity index (χ1v) is 0. The Bertz CT molecular complexity index is 13.5. The summed E-state index contributed by atoms with van der Waals surface area (Å²) in [7, 11) is 0. The fourth-order valence-corrected chi connectivity index (χ4v) is 0. The summed E-state index contributed by atoms with van der Waals surface area (Å²) in [6.07, 6.45) is 0. The molecular formula is AlCu2MnNiZn. The van der Waals surface area contributed by atoms with Crippen LogP contribution >= 0.6 is 0 Å². The minimum atomic E-state index is 0. The van der Waals surface area contributed by atoms with Gasteiger partial charge in [-0.05, 0) is 0 Å². The van der Waals surface area contributed by atoms with Crippen LogP contribution < -0.4 is 0 Å². The molecule has 0 N–H and O–H groups in total. The molecule has 0 saturated carbocycles. The summed E-state index contributed by atoms with van der Waals surface area (Å²) in [5.41, 5.74) is 0. The van der Waals surface area contributed by atoms with Gasteiger partial charge < -0.3 is 0 Å². The van der Waals surface area contributed by atoms with Crippen LogP contribution in [0.4, 0.5) is 0 Å². The van der Waals surface area contributed by atoms with E-state index in [-0.39, 0.29) is 105 Å². The molecule has 0 amide bonds. The van der Waals surface area contributed by atoms with E-state index in [1.165, 1.54) is 0 Å². The molecule has 0 nitrogen and oxygen atoms in total. The molecule has 0 atom stereocenters. The van der Waals surface area contributed by atoms with Gasteiger partial charge in [0.05, 0.1) is 0 Å². The van der Waals surface area contributed by atoms with E-state index in [4.69, 9.17) is 0 Å². The quantitative estimate of drug-likeness (QED) is 0.530. The van der Waals surface area contributed by atoms with Gasteiger partial charge >= 0.3 is 0 Å². The summed E-state index contributed by atoms with van der Waals surface area (Å²) in [5, 5.41) is 0. The molecule has 6 radical (unpaired) electrons. The maximum Gasteiger partial charge on any atom is 0 e. The SMILES string of the molecule is [Al].[Cu].[Cu].[Mn].[Ni].[Zn]. The van der Waals surface area contributed by atoms with Crippen molar-refractivity contribution in [1.82, 2.24) is 0 Å². The molecule has 0 aliphatic rings. The van der Waals surface area contributed by atoms with Gasteiger partial charge in [-0.15, -0.1) is 0 Å². The van der Waals surface area contributed by atoms with Crippen LogP contribution in [0.25, 0.3) is 0 Å². The summed E-state index contributed by atoms with van der Waals surface area (Å²) in [6, 6.07) is 0. The maximum atomic E-state index is 0. The van der Waals surface area contributed by atoms with Crippen molar-refractivity contribution in [3.8, 4) is 0 Å². The van der Waals surface area contributed by atoms with E-state index in [1.54, 1.807) is 0 Å². The predicted octanol–water partition coefficient (Wildman–Crippen LogP) is -0.393. The van der Waals surface area contributed by atoms with Crippen LogP contribution in [-0.4, -0.2) is 17.4 Å². The third-order valence-electron chi connectivity index (χ3n) is 0. The Morgan fingerprint density at radius 3 is 0.833 bits per heavy atom. The van der Waals surface area contributed by atoms with E-state index in [1.807, 2.05) is 0 Å². The molecule has 0 aromatic heterocycles. The van der Waals surface area contributed by atoms with Gasteiger partial charge in [0.2, 0.25) is 0 Å². The van der Waals surface area contributed by atoms with Crippen LogP contribution in [0.2, 0.25) is 0 Å². The predicted molar refractivity (Wildman–Crippen MR) is 5.75 cm³/mol. The van der Waals surface area contributed by atoms with Crippen molar-refractivity contribution < 1.29 is 87.2 Å². The second-order valence-corrected chi connectivity index (χ2v) is 0. The van der Waals surface area contributed by atoms with Crippen molar-refractivity contribution in [2.75, 3.05) is 0 Å². The molecule has 0 aromatic carbocycles. The van der Waals surface area contributed by atoms with Gasteiger partial charge in [-0.1, -0.05) is 0 Å². The number of hydrogen-bond donors (Lipinski definition) is 0. The summed E-state index contributed by atoms with van der Waals surface area (Å²) < 4.78 is 0. The molecule has 0 aliphatic heterocycles. The molecule has 0 heterocycles. The molecule has 6 heteroatoms. The van der Waals surface area contributed by atoms with E-state index in [0.717, 1.165) is 0 Å². The third-order valence-corrected chi connectivity index (χ3v) is 0. The summed E-state index contributed by atoms with van der Waals surface area (Å²) in [4.78, 5) is 0. The van der Waals surface area contributed by atoms with E-state index in [0.29, 0.717) is 0 Å². The fourth-order valence-electron chi connectivity index (χ4n) is 0. The Labute approximate surface area is 103 Å². The van der Waals surface area contributed by atoms with Crippen LogP contribution in [0.15, 0.2) is 0 Å². The van der Waals surface area contributed by atoms with Crippen LogP contribution in [0.1, 0.15) is 0 Å². The van der Waals surface area contributed by atoms with Gasteiger partial charge in [0.1, 0.15) is 0 Å². The summed E-state index contributed by atoms with van der Waals surface area (Å²) >= 11 is 0. The largest absolute Gasteiger partial charge is 0 e. The average Bonchev–Trinajstić information content (AvgIpc) is 0. The fraction of sp³-hybridized carbons (Fsp3) is 0. The van der Waals surface area contributed by atoms with Gasteiger partial charge in [0.25, 0.3) is 0 Å². The smallest absolute Gasteiger partial charge is 0 e. The molecule has 0 rings (SSSR count). The Kier molecular flexibility index (Phi) is 416. The van der Waals surface area contributed by atoms with Crippen LogP contribution in [0.5, 0.6) is 0 Å². The molecule has 0 fully saturated rings. The Morgan fingerprint density at radius 2 is 0.833 bits per heavy atom. The molecule has 0 aliphatic carbocycles. The van der Waals surface area contributed by atoms with Crippen molar-refractivity contribution in [3.63, 3.8) is 0 Å². The van der Waals surface area contributed by atoms with Crippen molar-refractivity contribution in [3.05, 3.63) is 0 Å². The average molecular weight is 333 g/mol. The molecule has 0 bridgehead atoms. The molecule has 0 aromatic rings. The second-order valence-electron chi connectivity index (χ2n) is 0. The zero-order valence-electron chi connectivity index (χ0n) is 2.58. The van der Waals surface area contributed by atoms with Gasteiger partial charge in [0.15, 0.2) is 0 Å². The first kappa shape index (κ1) is 60.3. The molecule has 0 saturated heterocycles. The molecular weight excluding hydrogens is 333 g/mol. The van der Waals surface area contributed by atoms with Gasteiger partial charge in [-0.3, -0.25) is 0 Å². The zero-order valence-corrected chi connectivity index (χ0v) is 10.8. The van der Waals surface area contributed by atoms with Crippen molar-refractivity contribution >= 4 is 17.4 Å². The molecule has 44 valence electrons. The first-order chi connectivity index (χ1) is 0. The molecule has 0 unspecified atom stereocenters. The van der Waals surface area contributed by atoms with Crippen molar-refractivity contribution in [2.45, 2.75) is 0 Å². The minimum Gasteiger partial charge on any atom is 0 e. The zero-order chi connectivity index (χ0) is 0. The Balaban J connectivity index is 0. The van der Waals surface area contributed by atoms with Gasteiger partial charge in [0, 0.05) is 105 Å². The molecule has 6 heavy (non-hydrogen) atoms. The second kappa shape index (κ2) is 41.4. The van der Waals surface area contributed by atoms with E-state index in [9.17, 15) is 0 Å².